The first kappa shape index (κ1) is 12.6. The maximum atomic E-state index is 10.2. The van der Waals surface area contributed by atoms with Crippen molar-refractivity contribution in [3.8, 4) is 39.4 Å². The summed E-state index contributed by atoms with van der Waals surface area (Å²) in [6, 6.07) is 0.000986. The van der Waals surface area contributed by atoms with Gasteiger partial charge in [-0.15, -0.1) is 0 Å². The summed E-state index contributed by atoms with van der Waals surface area (Å²) in [5, 5.41) is -0.814. The van der Waals surface area contributed by atoms with Crippen molar-refractivity contribution in [2.24, 2.45) is 0 Å². The van der Waals surface area contributed by atoms with Crippen LogP contribution in [0.4, 0.5) is 0 Å². The van der Waals surface area contributed by atoms with E-state index in [9.17, 15) is 9.60 Å². The number of hydrogen-bond donors (Lipinski definition) is 0. The quantitative estimate of drug-likeness (QED) is 0.195. The Morgan fingerprint density at radius 2 is 1.11 bits per heavy atom. The van der Waals surface area contributed by atoms with Gasteiger partial charge in [-0.25, -0.2) is 0 Å². The lowest BCUT2D eigenvalue weighted by Gasteiger charge is -2.39. The molecule has 1 aliphatic carbocycles. The summed E-state index contributed by atoms with van der Waals surface area (Å²) in [4.78, 5) is 0. The molecule has 1 spiro atoms. The van der Waals surface area contributed by atoms with E-state index in [0.717, 1.165) is 4.57 Å². The van der Waals surface area contributed by atoms with Gasteiger partial charge in [0, 0.05) is 27.6 Å². The number of fused-ring (bicyclic) bond motifs is 12. The predicted octanol–water partition coefficient (Wildman–Crippen LogP) is 10.9. The van der Waals surface area contributed by atoms with E-state index in [1.54, 1.807) is 48.5 Å². The maximum absolute atomic E-state index is 10.2. The molecule has 2 heterocycles. The molecule has 0 radical (unpaired) electrons. The second-order valence-electron chi connectivity index (χ2n) is 10.6. The lowest BCUT2D eigenvalue weighted by molar-refractivity contribution is 0.436. The Morgan fingerprint density at radius 1 is 0.489 bits per heavy atom. The Hall–Kier alpha value is -5.86. The van der Waals surface area contributed by atoms with Crippen molar-refractivity contribution in [1.82, 2.24) is 4.57 Å². The number of aromatic nitrogens is 1. The summed E-state index contributed by atoms with van der Waals surface area (Å²) in [7, 11) is 0. The molecule has 10 rings (SSSR count). The molecule has 45 heavy (non-hydrogen) atoms. The molecule has 210 valence electrons. The highest BCUT2D eigenvalue weighted by Crippen LogP contribution is 2.62. The monoisotopic (exact) mass is 592 g/mol. The van der Waals surface area contributed by atoms with E-state index >= 15 is 0 Å². The zero-order valence-electron chi connectivity index (χ0n) is 42.0. The van der Waals surface area contributed by atoms with E-state index in [-0.39, 0.29) is 16.9 Å². The molecule has 0 amide bonds. The second kappa shape index (κ2) is 9.07. The van der Waals surface area contributed by atoms with Crippen LogP contribution in [0.2, 0.25) is 0 Å². The van der Waals surface area contributed by atoms with Crippen molar-refractivity contribution in [2.45, 2.75) is 5.41 Å². The van der Waals surface area contributed by atoms with E-state index in [4.69, 9.17) is 21.2 Å². The molecule has 1 aromatic heterocycles. The lowest BCUT2D eigenvalue weighted by Crippen LogP contribution is -2.32. The third kappa shape index (κ3) is 3.23. The predicted molar refractivity (Wildman–Crippen MR) is 184 cm³/mol. The van der Waals surface area contributed by atoms with Crippen molar-refractivity contribution in [3.05, 3.63) is 186 Å². The van der Waals surface area contributed by atoms with E-state index in [2.05, 4.69) is 0 Å². The first-order valence-electron chi connectivity index (χ1n) is 23.5. The zero-order valence-corrected chi connectivity index (χ0v) is 23.0. The van der Waals surface area contributed by atoms with Gasteiger partial charge < -0.3 is 9.30 Å². The lowest BCUT2D eigenvalue weighted by atomic mass is 9.66. The molecule has 7 aromatic carbocycles. The number of benzene rings is 7. The van der Waals surface area contributed by atoms with E-state index < -0.39 is 165 Å². The average Bonchev–Trinajstić information content (AvgIpc) is 3.78. The summed E-state index contributed by atoms with van der Waals surface area (Å²) in [6.45, 7) is 0. The molecule has 0 fully saturated rings. The Bertz CT molecular complexity index is 3470. The van der Waals surface area contributed by atoms with E-state index in [1.165, 1.54) is 0 Å². The van der Waals surface area contributed by atoms with Crippen LogP contribution in [-0.4, -0.2) is 4.57 Å². The van der Waals surface area contributed by atoms with Crippen molar-refractivity contribution in [3.63, 3.8) is 0 Å². The SMILES string of the molecule is [2H]c1c([2H])c([2H])c(-n2c3c([2H])c([2H])c([2H])c([2H])c3c3c([2H])c([2H])c(-c4c([2H])c([2H])c5c(c4[2H])C4(c6ccccc6-c6ccccc64)c4c([2H])c([2H])c([2H])c([2H])c4O5)c([2H])c32)c([2H])c1[2H]. The van der Waals surface area contributed by atoms with Crippen LogP contribution in [0, 0.1) is 0 Å². The highest BCUT2D eigenvalue weighted by molar-refractivity contribution is 6.10. The first-order valence-corrected chi connectivity index (χ1v) is 14.0. The summed E-state index contributed by atoms with van der Waals surface area (Å²) in [5.74, 6) is -0.754. The van der Waals surface area contributed by atoms with Gasteiger partial charge in [-0.2, -0.15) is 0 Å². The van der Waals surface area contributed by atoms with Crippen molar-refractivity contribution < 1.29 is 30.8 Å². The number of nitrogens with zero attached hydrogens (tertiary/aromatic N) is 1. The third-order valence-electron chi connectivity index (χ3n) is 8.46. The highest BCUT2D eigenvalue weighted by Gasteiger charge is 2.50. The number of ether oxygens (including phenoxy) is 1. The Balaban J connectivity index is 1.44. The van der Waals surface area contributed by atoms with Crippen molar-refractivity contribution in [2.75, 3.05) is 0 Å². The number of para-hydroxylation sites is 3. The highest BCUT2D eigenvalue weighted by atomic mass is 16.5. The van der Waals surface area contributed by atoms with Gasteiger partial charge in [-0.3, -0.25) is 0 Å². The fraction of sp³-hybridized carbons (Fsp3) is 0.0233. The molecule has 0 saturated carbocycles. The van der Waals surface area contributed by atoms with Gasteiger partial charge in [0.25, 0.3) is 0 Å². The van der Waals surface area contributed by atoms with Crippen LogP contribution in [0.1, 0.15) is 48.3 Å². The Kier molecular flexibility index (Phi) is 2.55. The topological polar surface area (TPSA) is 14.2 Å². The van der Waals surface area contributed by atoms with Crippen LogP contribution in [0.15, 0.2) is 163 Å². The fourth-order valence-electron chi connectivity index (χ4n) is 6.72. The summed E-state index contributed by atoms with van der Waals surface area (Å²) in [5.41, 5.74) is -2.84. The van der Waals surface area contributed by atoms with E-state index in [1.807, 2.05) is 0 Å². The second-order valence-corrected chi connectivity index (χ2v) is 10.6. The van der Waals surface area contributed by atoms with Crippen molar-refractivity contribution in [1.29, 1.82) is 0 Å². The van der Waals surface area contributed by atoms with E-state index in [0.29, 0.717) is 22.3 Å². The molecule has 0 atom stereocenters. The molecule has 8 aromatic rings. The van der Waals surface area contributed by atoms with Crippen LogP contribution < -0.4 is 4.74 Å². The van der Waals surface area contributed by atoms with Crippen LogP contribution in [0.5, 0.6) is 11.5 Å². The minimum absolute atomic E-state index is 0.0986. The Morgan fingerprint density at radius 3 is 1.93 bits per heavy atom. The number of hydrogen-bond acceptors (Lipinski definition) is 1. The largest absolute Gasteiger partial charge is 0.457 e. The van der Waals surface area contributed by atoms with Crippen LogP contribution in [0.3, 0.4) is 0 Å². The molecule has 2 heteroatoms. The summed E-state index contributed by atoms with van der Waals surface area (Å²) in [6.07, 6.45) is 0. The first-order chi connectivity index (χ1) is 30.2. The molecule has 0 N–H and O–H groups in total. The molecule has 0 saturated heterocycles. The van der Waals surface area contributed by atoms with Gasteiger partial charge >= 0.3 is 0 Å². The van der Waals surface area contributed by atoms with Crippen LogP contribution >= 0.6 is 0 Å². The van der Waals surface area contributed by atoms with Gasteiger partial charge in [0.05, 0.1) is 42.5 Å². The van der Waals surface area contributed by atoms with Gasteiger partial charge in [0.15, 0.2) is 0 Å². The Labute approximate surface area is 288 Å². The normalized spacial score (nSPS) is 19.6. The van der Waals surface area contributed by atoms with Gasteiger partial charge in [0.1, 0.15) is 11.5 Å². The maximum Gasteiger partial charge on any atom is 0.132 e. The van der Waals surface area contributed by atoms with Crippen LogP contribution in [0.25, 0.3) is 49.7 Å². The average molecular weight is 593 g/mol. The molecular formula is C43H27NO. The molecule has 0 bridgehead atoms. The molecule has 2 aliphatic rings. The zero-order chi connectivity index (χ0) is 46.1. The molecule has 1 aliphatic heterocycles. The van der Waals surface area contributed by atoms with Gasteiger partial charge in [-0.05, 0) is 75.7 Å². The fourth-order valence-corrected chi connectivity index (χ4v) is 6.72. The third-order valence-corrected chi connectivity index (χ3v) is 8.46. The molecule has 0 unspecified atom stereocenters. The smallest absolute Gasteiger partial charge is 0.132 e. The van der Waals surface area contributed by atoms with Gasteiger partial charge in [-0.1, -0.05) is 121 Å². The van der Waals surface area contributed by atoms with Crippen LogP contribution in [-0.2, 0) is 5.41 Å². The molecule has 2 nitrogen and oxygen atoms in total. The van der Waals surface area contributed by atoms with Crippen molar-refractivity contribution >= 4 is 21.8 Å². The summed E-state index contributed by atoms with van der Waals surface area (Å²) >= 11 is 0. The van der Waals surface area contributed by atoms with Gasteiger partial charge in [0.2, 0.25) is 0 Å². The molecular weight excluding hydrogens is 546 g/mol. The summed E-state index contributed by atoms with van der Waals surface area (Å²) < 4.78 is 179. The minimum Gasteiger partial charge on any atom is -0.457 e. The standard InChI is InChI=1S/C43H27NO/c1-2-12-30(13-3-1)44-39-20-10-6-16-33(39)34-24-22-29(27-40(34)44)28-23-25-42-38(26-28)43(37-19-9-11-21-41(37)45-42)35-17-7-4-14-31(35)32-15-5-8-18-36(32)43/h1-27H/i1D,2D,3D,6D,9D,10D,11D,12D,13D,16D,19D,20D,21D,22D,23D,24D,25D,26D,27D. The minimum atomic E-state index is -1.85. The number of rotatable bonds is 2.